The third-order valence-electron chi connectivity index (χ3n) is 3.34. The Morgan fingerprint density at radius 2 is 1.88 bits per heavy atom. The van der Waals surface area contributed by atoms with E-state index in [9.17, 15) is 9.59 Å². The van der Waals surface area contributed by atoms with E-state index >= 15 is 0 Å². The lowest BCUT2D eigenvalue weighted by atomic mass is 10.1. The van der Waals surface area contributed by atoms with E-state index in [1.807, 2.05) is 13.0 Å². The van der Waals surface area contributed by atoms with Crippen LogP contribution in [0.4, 0.5) is 11.4 Å². The van der Waals surface area contributed by atoms with Crippen molar-refractivity contribution in [3.63, 3.8) is 0 Å². The van der Waals surface area contributed by atoms with Gasteiger partial charge in [0.25, 0.3) is 0 Å². The summed E-state index contributed by atoms with van der Waals surface area (Å²) in [6.45, 7) is 1.87. The summed E-state index contributed by atoms with van der Waals surface area (Å²) in [6.07, 6.45) is 0.732. The van der Waals surface area contributed by atoms with Crippen LogP contribution in [-0.4, -0.2) is 11.8 Å². The van der Waals surface area contributed by atoms with Crippen LogP contribution in [-0.2, 0) is 9.59 Å². The lowest BCUT2D eigenvalue weighted by molar-refractivity contribution is -0.123. The van der Waals surface area contributed by atoms with Crippen molar-refractivity contribution in [1.82, 2.24) is 0 Å². The van der Waals surface area contributed by atoms with Gasteiger partial charge in [0, 0.05) is 5.69 Å². The number of aryl methyl sites for hydroxylation is 1. The highest BCUT2D eigenvalue weighted by molar-refractivity contribution is 6.25. The lowest BCUT2D eigenvalue weighted by Crippen LogP contribution is -2.33. The Kier molecular flexibility index (Phi) is 1.67. The Bertz CT molecular complexity index is 490. The first-order valence-corrected chi connectivity index (χ1v) is 5.33. The first-order chi connectivity index (χ1) is 7.59. The maximum absolute atomic E-state index is 11.9. The Labute approximate surface area is 93.0 Å². The Morgan fingerprint density at radius 3 is 2.50 bits per heavy atom. The average Bonchev–Trinajstić information content (AvgIpc) is 2.98. The van der Waals surface area contributed by atoms with Crippen molar-refractivity contribution in [1.29, 1.82) is 0 Å². The molecule has 1 saturated heterocycles. The van der Waals surface area contributed by atoms with Crippen LogP contribution in [0.1, 0.15) is 12.0 Å². The molecule has 0 spiro atoms. The van der Waals surface area contributed by atoms with Crippen molar-refractivity contribution < 1.29 is 9.59 Å². The first kappa shape index (κ1) is 9.39. The molecule has 1 heterocycles. The molecule has 1 aliphatic carbocycles. The molecule has 2 unspecified atom stereocenters. The van der Waals surface area contributed by atoms with Gasteiger partial charge in [0.15, 0.2) is 0 Å². The summed E-state index contributed by atoms with van der Waals surface area (Å²) in [4.78, 5) is 25.1. The van der Waals surface area contributed by atoms with Crippen LogP contribution >= 0.6 is 0 Å². The molecule has 2 atom stereocenters. The summed E-state index contributed by atoms with van der Waals surface area (Å²) in [6, 6.07) is 5.29. The van der Waals surface area contributed by atoms with Gasteiger partial charge in [0.2, 0.25) is 11.8 Å². The summed E-state index contributed by atoms with van der Waals surface area (Å²) in [5, 5.41) is 0. The lowest BCUT2D eigenvalue weighted by Gasteiger charge is -2.19. The predicted molar refractivity (Wildman–Crippen MR) is 59.7 cm³/mol. The van der Waals surface area contributed by atoms with E-state index in [0.717, 1.165) is 12.0 Å². The molecule has 82 valence electrons. The topological polar surface area (TPSA) is 63.4 Å². The quantitative estimate of drug-likeness (QED) is 0.564. The maximum Gasteiger partial charge on any atom is 0.237 e. The van der Waals surface area contributed by atoms with Gasteiger partial charge in [0.05, 0.1) is 17.5 Å². The molecule has 1 aromatic carbocycles. The minimum absolute atomic E-state index is 0.0617. The number of nitrogens with zero attached hydrogens (tertiary/aromatic N) is 1. The van der Waals surface area contributed by atoms with E-state index in [-0.39, 0.29) is 23.7 Å². The maximum atomic E-state index is 11.9. The molecular formula is C12H12N2O2. The fourth-order valence-corrected chi connectivity index (χ4v) is 2.29. The SMILES string of the molecule is Cc1ccc(N)cc1N1C(=O)C2CC2C1=O. The van der Waals surface area contributed by atoms with Crippen LogP contribution in [0, 0.1) is 18.8 Å². The van der Waals surface area contributed by atoms with Gasteiger partial charge in [-0.2, -0.15) is 0 Å². The van der Waals surface area contributed by atoms with Gasteiger partial charge >= 0.3 is 0 Å². The van der Waals surface area contributed by atoms with Crippen molar-refractivity contribution in [3.8, 4) is 0 Å². The summed E-state index contributed by atoms with van der Waals surface area (Å²) in [7, 11) is 0. The Hall–Kier alpha value is -1.84. The molecular weight excluding hydrogens is 204 g/mol. The normalized spacial score (nSPS) is 27.2. The molecule has 4 heteroatoms. The summed E-state index contributed by atoms with van der Waals surface area (Å²) in [5.41, 5.74) is 7.79. The number of carbonyl (C=O) groups excluding carboxylic acids is 2. The molecule has 4 nitrogen and oxygen atoms in total. The van der Waals surface area contributed by atoms with Crippen molar-refractivity contribution in [2.75, 3.05) is 10.6 Å². The van der Waals surface area contributed by atoms with Crippen LogP contribution < -0.4 is 10.6 Å². The predicted octanol–water partition coefficient (Wildman–Crippen LogP) is 1.09. The van der Waals surface area contributed by atoms with Crippen LogP contribution in [0.15, 0.2) is 18.2 Å². The zero-order valence-electron chi connectivity index (χ0n) is 8.93. The van der Waals surface area contributed by atoms with Crippen molar-refractivity contribution in [2.45, 2.75) is 13.3 Å². The van der Waals surface area contributed by atoms with E-state index in [4.69, 9.17) is 5.73 Å². The first-order valence-electron chi connectivity index (χ1n) is 5.33. The molecule has 0 bridgehead atoms. The number of hydrogen-bond acceptors (Lipinski definition) is 3. The molecule has 2 aliphatic rings. The largest absolute Gasteiger partial charge is 0.399 e. The van der Waals surface area contributed by atoms with Gasteiger partial charge < -0.3 is 5.73 Å². The third-order valence-corrected chi connectivity index (χ3v) is 3.34. The number of nitrogens with two attached hydrogens (primary N) is 1. The summed E-state index contributed by atoms with van der Waals surface area (Å²) >= 11 is 0. The van der Waals surface area contributed by atoms with Crippen molar-refractivity contribution in [2.24, 2.45) is 11.8 Å². The highest BCUT2D eigenvalue weighted by Gasteiger charge is 2.59. The fraction of sp³-hybridized carbons (Fsp3) is 0.333. The highest BCUT2D eigenvalue weighted by Crippen LogP contribution is 2.48. The molecule has 1 saturated carbocycles. The van der Waals surface area contributed by atoms with Crippen LogP contribution in [0.2, 0.25) is 0 Å². The van der Waals surface area contributed by atoms with Crippen LogP contribution in [0.3, 0.4) is 0 Å². The second kappa shape index (κ2) is 2.84. The van der Waals surface area contributed by atoms with E-state index in [0.29, 0.717) is 11.4 Å². The molecule has 0 aromatic heterocycles. The number of nitrogen functional groups attached to an aromatic ring is 1. The van der Waals surface area contributed by atoms with Gasteiger partial charge in [-0.25, -0.2) is 4.90 Å². The molecule has 1 aliphatic heterocycles. The number of fused-ring (bicyclic) bond motifs is 1. The van der Waals surface area contributed by atoms with E-state index < -0.39 is 0 Å². The second-order valence-electron chi connectivity index (χ2n) is 4.51. The zero-order valence-corrected chi connectivity index (χ0v) is 8.93. The minimum atomic E-state index is -0.0660. The van der Waals surface area contributed by atoms with Crippen molar-refractivity contribution >= 4 is 23.2 Å². The van der Waals surface area contributed by atoms with Gasteiger partial charge in [-0.1, -0.05) is 6.07 Å². The van der Waals surface area contributed by atoms with E-state index in [1.165, 1.54) is 4.90 Å². The molecule has 16 heavy (non-hydrogen) atoms. The van der Waals surface area contributed by atoms with Crippen LogP contribution in [0.25, 0.3) is 0 Å². The molecule has 2 amide bonds. The van der Waals surface area contributed by atoms with Gasteiger partial charge in [-0.05, 0) is 31.0 Å². The minimum Gasteiger partial charge on any atom is -0.399 e. The summed E-state index contributed by atoms with van der Waals surface area (Å²) < 4.78 is 0. The second-order valence-corrected chi connectivity index (χ2v) is 4.51. The Morgan fingerprint density at radius 1 is 1.25 bits per heavy atom. The number of imide groups is 1. The molecule has 2 N–H and O–H groups in total. The number of rotatable bonds is 1. The van der Waals surface area contributed by atoms with Gasteiger partial charge in [-0.15, -0.1) is 0 Å². The van der Waals surface area contributed by atoms with Gasteiger partial charge in [-0.3, -0.25) is 9.59 Å². The van der Waals surface area contributed by atoms with Crippen LogP contribution in [0.5, 0.6) is 0 Å². The number of amides is 2. The average molecular weight is 216 g/mol. The standard InChI is InChI=1S/C12H12N2O2/c1-6-2-3-7(13)4-10(6)14-11(15)8-5-9(8)12(14)16/h2-4,8-9H,5,13H2,1H3. The molecule has 1 aromatic rings. The number of anilines is 2. The summed E-state index contributed by atoms with van der Waals surface area (Å²) in [5.74, 6) is -0.255. The van der Waals surface area contributed by atoms with Gasteiger partial charge in [0.1, 0.15) is 0 Å². The van der Waals surface area contributed by atoms with E-state index in [2.05, 4.69) is 0 Å². The van der Waals surface area contributed by atoms with E-state index in [1.54, 1.807) is 12.1 Å². The zero-order chi connectivity index (χ0) is 11.4. The highest BCUT2D eigenvalue weighted by atomic mass is 16.2. The molecule has 2 fully saturated rings. The number of piperidine rings is 1. The molecule has 0 radical (unpaired) electrons. The smallest absolute Gasteiger partial charge is 0.237 e. The fourth-order valence-electron chi connectivity index (χ4n) is 2.29. The number of benzene rings is 1. The van der Waals surface area contributed by atoms with Crippen molar-refractivity contribution in [3.05, 3.63) is 23.8 Å². The number of hydrogen-bond donors (Lipinski definition) is 1. The monoisotopic (exact) mass is 216 g/mol. The Balaban J connectivity index is 2.07. The third kappa shape index (κ3) is 1.10. The number of carbonyl (C=O) groups is 2. The molecule has 3 rings (SSSR count).